The van der Waals surface area contributed by atoms with Gasteiger partial charge in [0.1, 0.15) is 0 Å². The Morgan fingerprint density at radius 1 is 1.53 bits per heavy atom. The maximum atomic E-state index is 12.2. The molecule has 0 aromatic heterocycles. The van der Waals surface area contributed by atoms with Gasteiger partial charge in [-0.3, -0.25) is 4.79 Å². The van der Waals surface area contributed by atoms with E-state index in [0.29, 0.717) is 5.92 Å². The van der Waals surface area contributed by atoms with E-state index in [1.54, 1.807) is 0 Å². The number of carbonyl (C=O) groups excluding carboxylic acids is 1. The first-order chi connectivity index (χ1) is 7.24. The molecule has 86 valence electrons. The lowest BCUT2D eigenvalue weighted by Gasteiger charge is -2.27. The number of nitrogens with zero attached hydrogens (tertiary/aromatic N) is 1. The van der Waals surface area contributed by atoms with Gasteiger partial charge in [-0.15, -0.1) is 0 Å². The van der Waals surface area contributed by atoms with Gasteiger partial charge < -0.3 is 15.3 Å². The lowest BCUT2D eigenvalue weighted by Crippen LogP contribution is -2.43. The fourth-order valence-electron chi connectivity index (χ4n) is 2.67. The highest BCUT2D eigenvalue weighted by molar-refractivity contribution is 5.80. The van der Waals surface area contributed by atoms with Crippen LogP contribution in [0.2, 0.25) is 0 Å². The smallest absolute Gasteiger partial charge is 0.227 e. The van der Waals surface area contributed by atoms with E-state index in [2.05, 4.69) is 12.2 Å². The highest BCUT2D eigenvalue weighted by atomic mass is 16.3. The summed E-state index contributed by atoms with van der Waals surface area (Å²) in [5.74, 6) is 0.790. The summed E-state index contributed by atoms with van der Waals surface area (Å²) >= 11 is 0. The molecule has 0 bridgehead atoms. The standard InChI is InChI=1S/C11H20N2O2/c1-8-5-12-6-10(8)11(15)13-4-2-3-9(13)7-14/h8-10,12,14H,2-7H2,1H3/t8?,9-,10?/m1/s1. The molecule has 1 amide bonds. The van der Waals surface area contributed by atoms with Crippen LogP contribution in [0.5, 0.6) is 0 Å². The third kappa shape index (κ3) is 2.01. The molecule has 0 radical (unpaired) electrons. The molecule has 4 heteroatoms. The number of carbonyl (C=O) groups is 1. The van der Waals surface area contributed by atoms with Crippen molar-refractivity contribution in [2.75, 3.05) is 26.2 Å². The summed E-state index contributed by atoms with van der Waals surface area (Å²) in [6, 6.07) is 0.0744. The summed E-state index contributed by atoms with van der Waals surface area (Å²) in [5, 5.41) is 12.4. The van der Waals surface area contributed by atoms with E-state index in [-0.39, 0.29) is 24.5 Å². The first-order valence-corrected chi connectivity index (χ1v) is 5.86. The minimum absolute atomic E-state index is 0.0744. The Morgan fingerprint density at radius 2 is 2.33 bits per heavy atom. The highest BCUT2D eigenvalue weighted by Gasteiger charge is 2.37. The average molecular weight is 212 g/mol. The van der Waals surface area contributed by atoms with Gasteiger partial charge >= 0.3 is 0 Å². The van der Waals surface area contributed by atoms with Gasteiger partial charge in [-0.25, -0.2) is 0 Å². The molecule has 0 aromatic carbocycles. The summed E-state index contributed by atoms with van der Waals surface area (Å²) in [4.78, 5) is 14.1. The molecule has 2 aliphatic rings. The quantitative estimate of drug-likeness (QED) is 0.668. The van der Waals surface area contributed by atoms with Gasteiger partial charge in [0, 0.05) is 13.1 Å². The van der Waals surface area contributed by atoms with Crippen LogP contribution in [0.25, 0.3) is 0 Å². The summed E-state index contributed by atoms with van der Waals surface area (Å²) in [7, 11) is 0. The van der Waals surface area contributed by atoms with E-state index in [1.165, 1.54) is 0 Å². The van der Waals surface area contributed by atoms with Gasteiger partial charge in [0.05, 0.1) is 18.6 Å². The predicted octanol–water partition coefficient (Wildman–Crippen LogP) is -0.175. The highest BCUT2D eigenvalue weighted by Crippen LogP contribution is 2.24. The van der Waals surface area contributed by atoms with E-state index in [4.69, 9.17) is 0 Å². The molecule has 15 heavy (non-hydrogen) atoms. The Kier molecular flexibility index (Phi) is 3.26. The zero-order chi connectivity index (χ0) is 10.8. The molecular formula is C11H20N2O2. The molecule has 2 fully saturated rings. The largest absolute Gasteiger partial charge is 0.394 e. The minimum Gasteiger partial charge on any atom is -0.394 e. The van der Waals surface area contributed by atoms with Crippen LogP contribution < -0.4 is 5.32 Å². The van der Waals surface area contributed by atoms with Crippen molar-refractivity contribution in [1.29, 1.82) is 0 Å². The Balaban J connectivity index is 2.00. The van der Waals surface area contributed by atoms with E-state index >= 15 is 0 Å². The third-order valence-electron chi connectivity index (χ3n) is 3.71. The first kappa shape index (κ1) is 10.9. The van der Waals surface area contributed by atoms with Crippen molar-refractivity contribution in [1.82, 2.24) is 10.2 Å². The van der Waals surface area contributed by atoms with E-state index in [0.717, 1.165) is 32.5 Å². The van der Waals surface area contributed by atoms with Gasteiger partial charge in [-0.05, 0) is 25.3 Å². The number of amides is 1. The predicted molar refractivity (Wildman–Crippen MR) is 57.3 cm³/mol. The summed E-state index contributed by atoms with van der Waals surface area (Å²) < 4.78 is 0. The number of nitrogens with one attached hydrogen (secondary N) is 1. The molecule has 2 aliphatic heterocycles. The monoisotopic (exact) mass is 212 g/mol. The van der Waals surface area contributed by atoms with Crippen molar-refractivity contribution >= 4 is 5.91 Å². The third-order valence-corrected chi connectivity index (χ3v) is 3.71. The number of likely N-dealkylation sites (tertiary alicyclic amines) is 1. The summed E-state index contributed by atoms with van der Waals surface area (Å²) in [6.45, 7) is 4.79. The Labute approximate surface area is 90.6 Å². The maximum absolute atomic E-state index is 12.2. The molecule has 0 spiro atoms. The van der Waals surface area contributed by atoms with Crippen molar-refractivity contribution in [3.8, 4) is 0 Å². The van der Waals surface area contributed by atoms with Crippen molar-refractivity contribution in [2.45, 2.75) is 25.8 Å². The molecule has 2 heterocycles. The molecule has 2 N–H and O–H groups in total. The fraction of sp³-hybridized carbons (Fsp3) is 0.909. The molecular weight excluding hydrogens is 192 g/mol. The zero-order valence-electron chi connectivity index (χ0n) is 9.28. The molecule has 4 nitrogen and oxygen atoms in total. The van der Waals surface area contributed by atoms with E-state index in [1.807, 2.05) is 4.90 Å². The van der Waals surface area contributed by atoms with Crippen LogP contribution >= 0.6 is 0 Å². The number of hydrogen-bond acceptors (Lipinski definition) is 3. The second-order valence-corrected chi connectivity index (χ2v) is 4.75. The summed E-state index contributed by atoms with van der Waals surface area (Å²) in [5.41, 5.74) is 0. The van der Waals surface area contributed by atoms with Crippen molar-refractivity contribution in [3.05, 3.63) is 0 Å². The van der Waals surface area contributed by atoms with Crippen LogP contribution in [0, 0.1) is 11.8 Å². The molecule has 0 aliphatic carbocycles. The molecule has 3 atom stereocenters. The second kappa shape index (κ2) is 4.49. The number of hydrogen-bond donors (Lipinski definition) is 2. The van der Waals surface area contributed by atoms with E-state index < -0.39 is 0 Å². The van der Waals surface area contributed by atoms with Gasteiger partial charge in [0.2, 0.25) is 5.91 Å². The molecule has 0 saturated carbocycles. The zero-order valence-corrected chi connectivity index (χ0v) is 9.28. The number of rotatable bonds is 2. The topological polar surface area (TPSA) is 52.6 Å². The average Bonchev–Trinajstić information content (AvgIpc) is 2.84. The van der Waals surface area contributed by atoms with Crippen LogP contribution in [-0.4, -0.2) is 48.2 Å². The van der Waals surface area contributed by atoms with Gasteiger partial charge in [0.15, 0.2) is 0 Å². The minimum atomic E-state index is 0.0744. The molecule has 2 rings (SSSR count). The Morgan fingerprint density at radius 3 is 2.93 bits per heavy atom. The van der Waals surface area contributed by atoms with Gasteiger partial charge in [-0.1, -0.05) is 6.92 Å². The van der Waals surface area contributed by atoms with Crippen LogP contribution in [-0.2, 0) is 4.79 Å². The van der Waals surface area contributed by atoms with Crippen molar-refractivity contribution < 1.29 is 9.90 Å². The Bertz CT molecular complexity index is 245. The van der Waals surface area contributed by atoms with Crippen molar-refractivity contribution in [2.24, 2.45) is 11.8 Å². The molecule has 2 saturated heterocycles. The Hall–Kier alpha value is -0.610. The number of aliphatic hydroxyl groups excluding tert-OH is 1. The lowest BCUT2D eigenvalue weighted by atomic mass is 9.96. The second-order valence-electron chi connectivity index (χ2n) is 4.75. The lowest BCUT2D eigenvalue weighted by molar-refractivity contribution is -0.137. The molecule has 0 aromatic rings. The molecule has 2 unspecified atom stereocenters. The van der Waals surface area contributed by atoms with Gasteiger partial charge in [-0.2, -0.15) is 0 Å². The fourth-order valence-corrected chi connectivity index (χ4v) is 2.67. The van der Waals surface area contributed by atoms with E-state index in [9.17, 15) is 9.90 Å². The van der Waals surface area contributed by atoms with Gasteiger partial charge in [0.25, 0.3) is 0 Å². The van der Waals surface area contributed by atoms with Crippen LogP contribution in [0.4, 0.5) is 0 Å². The number of aliphatic hydroxyl groups is 1. The summed E-state index contributed by atoms with van der Waals surface area (Å²) in [6.07, 6.45) is 1.99. The van der Waals surface area contributed by atoms with Crippen molar-refractivity contribution in [3.63, 3.8) is 0 Å². The maximum Gasteiger partial charge on any atom is 0.227 e. The van der Waals surface area contributed by atoms with Crippen LogP contribution in [0.3, 0.4) is 0 Å². The SMILES string of the molecule is CC1CNCC1C(=O)N1CCC[C@@H]1CO. The van der Waals surface area contributed by atoms with Crippen LogP contribution in [0.15, 0.2) is 0 Å². The van der Waals surface area contributed by atoms with Crippen LogP contribution in [0.1, 0.15) is 19.8 Å². The normalized spacial score (nSPS) is 36.1. The first-order valence-electron chi connectivity index (χ1n) is 5.86.